The lowest BCUT2D eigenvalue weighted by Gasteiger charge is -2.44. The molecule has 2 aliphatic rings. The van der Waals surface area contributed by atoms with Crippen LogP contribution < -0.4 is 0 Å². The van der Waals surface area contributed by atoms with Crippen LogP contribution in [0.25, 0.3) is 0 Å². The second kappa shape index (κ2) is 9.00. The molecule has 0 N–H and O–H groups in total. The number of nitrogens with zero attached hydrogens (tertiary/aromatic N) is 2. The highest BCUT2D eigenvalue weighted by molar-refractivity contribution is 5.75. The molecular weight excluding hydrogens is 380 g/mol. The summed E-state index contributed by atoms with van der Waals surface area (Å²) in [6, 6.07) is 19.9. The Labute approximate surface area is 177 Å². The van der Waals surface area contributed by atoms with Gasteiger partial charge >= 0.3 is 6.03 Å². The number of urea groups is 1. The van der Waals surface area contributed by atoms with E-state index in [2.05, 4.69) is 24.3 Å². The molecule has 1 unspecified atom stereocenters. The molecule has 0 spiro atoms. The molecule has 0 aromatic heterocycles. The second-order valence-electron chi connectivity index (χ2n) is 7.50. The van der Waals surface area contributed by atoms with Crippen LogP contribution in [-0.4, -0.2) is 55.6 Å². The molecule has 158 valence electrons. The quantitative estimate of drug-likeness (QED) is 0.704. The van der Waals surface area contributed by atoms with Crippen molar-refractivity contribution in [3.05, 3.63) is 83.9 Å². The van der Waals surface area contributed by atoms with E-state index in [1.165, 1.54) is 5.06 Å². The summed E-state index contributed by atoms with van der Waals surface area (Å²) < 4.78 is 11.6. The van der Waals surface area contributed by atoms with Crippen LogP contribution >= 0.6 is 0 Å². The Bertz CT molecular complexity index is 832. The van der Waals surface area contributed by atoms with E-state index < -0.39 is 11.9 Å². The molecule has 1 saturated heterocycles. The first-order valence-electron chi connectivity index (χ1n) is 10.3. The van der Waals surface area contributed by atoms with Crippen LogP contribution in [0.15, 0.2) is 72.8 Å². The van der Waals surface area contributed by atoms with E-state index in [9.17, 15) is 4.79 Å². The maximum absolute atomic E-state index is 13.5. The van der Waals surface area contributed by atoms with Crippen molar-refractivity contribution in [1.29, 1.82) is 0 Å². The van der Waals surface area contributed by atoms with Gasteiger partial charge in [0.2, 0.25) is 6.29 Å². The van der Waals surface area contributed by atoms with Crippen LogP contribution in [0.5, 0.6) is 0 Å². The predicted octanol–water partition coefficient (Wildman–Crippen LogP) is 3.94. The molecule has 0 saturated carbocycles. The largest absolute Gasteiger partial charge is 0.367 e. The molecule has 2 heterocycles. The molecule has 6 nitrogen and oxygen atoms in total. The Balaban J connectivity index is 1.73. The lowest BCUT2D eigenvalue weighted by atomic mass is 9.78. The standard InChI is InChI=1S/C24H28N2O4/c1-28-22-16-10-18-26(30-22)23(27)25-17-9-15-21(25)24(29-2,19-11-5-3-6-12-19)20-13-7-4-8-14-20/h3-8,10-14,16,21-22H,9,15,17-18H2,1-2H3/t21-,22?/m1/s1. The molecule has 0 radical (unpaired) electrons. The van der Waals surface area contributed by atoms with E-state index in [-0.39, 0.29) is 12.1 Å². The first kappa shape index (κ1) is 20.6. The van der Waals surface area contributed by atoms with Crippen LogP contribution in [0.1, 0.15) is 24.0 Å². The fraction of sp³-hybridized carbons (Fsp3) is 0.375. The lowest BCUT2D eigenvalue weighted by molar-refractivity contribution is -0.232. The molecule has 2 amide bonds. The number of hydroxylamine groups is 2. The van der Waals surface area contributed by atoms with E-state index in [4.69, 9.17) is 14.3 Å². The van der Waals surface area contributed by atoms with Crippen molar-refractivity contribution in [3.8, 4) is 0 Å². The minimum absolute atomic E-state index is 0.169. The number of hydrogen-bond donors (Lipinski definition) is 0. The third-order valence-corrected chi connectivity index (χ3v) is 5.94. The van der Waals surface area contributed by atoms with Crippen LogP contribution in [0.2, 0.25) is 0 Å². The molecule has 2 atom stereocenters. The Hall–Kier alpha value is -2.67. The van der Waals surface area contributed by atoms with Gasteiger partial charge in [-0.1, -0.05) is 66.7 Å². The summed E-state index contributed by atoms with van der Waals surface area (Å²) in [5.41, 5.74) is 1.27. The molecule has 6 heteroatoms. The van der Waals surface area contributed by atoms with Crippen molar-refractivity contribution in [2.45, 2.75) is 30.8 Å². The fourth-order valence-electron chi connectivity index (χ4n) is 4.57. The topological polar surface area (TPSA) is 51.2 Å². The van der Waals surface area contributed by atoms with E-state index >= 15 is 0 Å². The van der Waals surface area contributed by atoms with Gasteiger partial charge in [-0.2, -0.15) is 5.06 Å². The van der Waals surface area contributed by atoms with Gasteiger partial charge in [0.15, 0.2) is 0 Å². The average molecular weight is 408 g/mol. The summed E-state index contributed by atoms with van der Waals surface area (Å²) in [6.07, 6.45) is 4.87. The molecule has 2 aliphatic heterocycles. The van der Waals surface area contributed by atoms with Crippen molar-refractivity contribution in [2.24, 2.45) is 0 Å². The van der Waals surface area contributed by atoms with Gasteiger partial charge in [-0.15, -0.1) is 0 Å². The minimum atomic E-state index is -0.777. The van der Waals surface area contributed by atoms with Crippen molar-refractivity contribution in [1.82, 2.24) is 9.96 Å². The van der Waals surface area contributed by atoms with E-state index in [0.29, 0.717) is 13.1 Å². The zero-order chi connectivity index (χ0) is 21.0. The number of amides is 2. The molecule has 0 bridgehead atoms. The summed E-state index contributed by atoms with van der Waals surface area (Å²) in [4.78, 5) is 21.1. The van der Waals surface area contributed by atoms with Gasteiger partial charge in [0.05, 0.1) is 12.6 Å². The van der Waals surface area contributed by atoms with Gasteiger partial charge < -0.3 is 14.4 Å². The summed E-state index contributed by atoms with van der Waals surface area (Å²) in [7, 11) is 3.28. The fourth-order valence-corrected chi connectivity index (χ4v) is 4.57. The highest BCUT2D eigenvalue weighted by Crippen LogP contribution is 2.43. The Morgan fingerprint density at radius 1 is 1.03 bits per heavy atom. The van der Waals surface area contributed by atoms with E-state index in [1.54, 1.807) is 20.3 Å². The number of carbonyl (C=O) groups excluding carboxylic acids is 1. The molecular formula is C24H28N2O4. The average Bonchev–Trinajstić information content (AvgIpc) is 3.31. The lowest BCUT2D eigenvalue weighted by Crippen LogP contribution is -2.55. The second-order valence-corrected chi connectivity index (χ2v) is 7.50. The van der Waals surface area contributed by atoms with Crippen molar-refractivity contribution >= 4 is 6.03 Å². The highest BCUT2D eigenvalue weighted by Gasteiger charge is 2.49. The molecule has 30 heavy (non-hydrogen) atoms. The predicted molar refractivity (Wildman–Crippen MR) is 114 cm³/mol. The molecule has 2 aromatic carbocycles. The van der Waals surface area contributed by atoms with Crippen molar-refractivity contribution in [3.63, 3.8) is 0 Å². The smallest absolute Gasteiger partial charge is 0.344 e. The Morgan fingerprint density at radius 3 is 2.23 bits per heavy atom. The summed E-state index contributed by atoms with van der Waals surface area (Å²) in [6.45, 7) is 1.04. The number of carbonyl (C=O) groups is 1. The number of methoxy groups -OCH3 is 2. The summed E-state index contributed by atoms with van der Waals surface area (Å²) in [5.74, 6) is 0. The number of hydrogen-bond acceptors (Lipinski definition) is 4. The number of benzene rings is 2. The Kier molecular flexibility index (Phi) is 6.18. The Morgan fingerprint density at radius 2 is 1.67 bits per heavy atom. The maximum atomic E-state index is 13.5. The van der Waals surface area contributed by atoms with Gasteiger partial charge in [0, 0.05) is 20.8 Å². The first-order chi connectivity index (χ1) is 14.7. The zero-order valence-electron chi connectivity index (χ0n) is 17.4. The first-order valence-corrected chi connectivity index (χ1v) is 10.3. The van der Waals surface area contributed by atoms with Gasteiger partial charge in [0.1, 0.15) is 5.60 Å². The van der Waals surface area contributed by atoms with Gasteiger partial charge in [-0.3, -0.25) is 0 Å². The SMILES string of the molecule is COC1C=CCN(C(=O)N2CCC[C@@H]2C(OC)(c2ccccc2)c2ccccc2)O1. The number of rotatable bonds is 5. The molecule has 0 aliphatic carbocycles. The normalized spacial score (nSPS) is 21.8. The minimum Gasteiger partial charge on any atom is -0.367 e. The highest BCUT2D eigenvalue weighted by atomic mass is 16.8. The number of ether oxygens (including phenoxy) is 2. The van der Waals surface area contributed by atoms with Gasteiger partial charge in [-0.05, 0) is 30.0 Å². The summed E-state index contributed by atoms with van der Waals surface area (Å²) >= 11 is 0. The molecule has 4 rings (SSSR count). The van der Waals surface area contributed by atoms with E-state index in [1.807, 2.05) is 47.4 Å². The monoisotopic (exact) mass is 408 g/mol. The van der Waals surface area contributed by atoms with Crippen LogP contribution in [-0.2, 0) is 19.9 Å². The van der Waals surface area contributed by atoms with Gasteiger partial charge in [-0.25, -0.2) is 9.63 Å². The van der Waals surface area contributed by atoms with Gasteiger partial charge in [0.25, 0.3) is 0 Å². The summed E-state index contributed by atoms with van der Waals surface area (Å²) in [5, 5.41) is 1.38. The molecule has 1 fully saturated rings. The van der Waals surface area contributed by atoms with Crippen molar-refractivity contribution < 1.29 is 19.1 Å². The van der Waals surface area contributed by atoms with Crippen LogP contribution in [0.4, 0.5) is 4.79 Å². The third-order valence-electron chi connectivity index (χ3n) is 5.94. The molecule has 2 aromatic rings. The number of likely N-dealkylation sites (tertiary alicyclic amines) is 1. The maximum Gasteiger partial charge on any atom is 0.344 e. The van der Waals surface area contributed by atoms with E-state index in [0.717, 1.165) is 24.0 Å². The van der Waals surface area contributed by atoms with Crippen LogP contribution in [0.3, 0.4) is 0 Å². The van der Waals surface area contributed by atoms with Crippen molar-refractivity contribution in [2.75, 3.05) is 27.3 Å². The van der Waals surface area contributed by atoms with Crippen LogP contribution in [0, 0.1) is 0 Å². The third kappa shape index (κ3) is 3.62. The zero-order valence-corrected chi connectivity index (χ0v) is 17.4.